The van der Waals surface area contributed by atoms with E-state index in [1.165, 1.54) is 17.1 Å². The minimum Gasteiger partial charge on any atom is -0.342 e. The van der Waals surface area contributed by atoms with Crippen molar-refractivity contribution in [2.45, 2.75) is 30.6 Å². The Morgan fingerprint density at radius 2 is 2.00 bits per heavy atom. The van der Waals surface area contributed by atoms with Crippen LogP contribution in [0.3, 0.4) is 0 Å². The second-order valence-electron chi connectivity index (χ2n) is 6.68. The summed E-state index contributed by atoms with van der Waals surface area (Å²) < 4.78 is 80.7. The van der Waals surface area contributed by atoms with Crippen LogP contribution in [0.5, 0.6) is 0 Å². The van der Waals surface area contributed by atoms with E-state index in [1.54, 1.807) is 14.0 Å². The van der Waals surface area contributed by atoms with Gasteiger partial charge in [-0.3, -0.25) is 4.68 Å². The van der Waals surface area contributed by atoms with Crippen LogP contribution in [0.4, 0.5) is 17.6 Å². The van der Waals surface area contributed by atoms with Gasteiger partial charge in [-0.25, -0.2) is 17.8 Å². The van der Waals surface area contributed by atoms with E-state index in [0.717, 1.165) is 6.07 Å². The summed E-state index contributed by atoms with van der Waals surface area (Å²) in [6.07, 6.45) is -3.54. The van der Waals surface area contributed by atoms with Crippen molar-refractivity contribution in [1.29, 1.82) is 0 Å². The summed E-state index contributed by atoms with van der Waals surface area (Å²) in [5, 5.41) is 3.85. The topological polar surface area (TPSA) is 83.9 Å². The molecule has 0 amide bonds. The van der Waals surface area contributed by atoms with E-state index in [1.807, 2.05) is 0 Å². The van der Waals surface area contributed by atoms with Gasteiger partial charge in [0.2, 0.25) is 0 Å². The van der Waals surface area contributed by atoms with Gasteiger partial charge < -0.3 is 4.98 Å². The number of nitrogens with one attached hydrogen (secondary N) is 1. The van der Waals surface area contributed by atoms with Gasteiger partial charge >= 0.3 is 6.18 Å². The number of benzene rings is 1. The molecule has 1 aliphatic heterocycles. The molecule has 28 heavy (non-hydrogen) atoms. The molecule has 1 fully saturated rings. The fourth-order valence-electron chi connectivity index (χ4n) is 3.36. The molecule has 1 aromatic carbocycles. The average molecular weight is 417 g/mol. The van der Waals surface area contributed by atoms with Gasteiger partial charge in [0.05, 0.1) is 5.52 Å². The van der Waals surface area contributed by atoms with Crippen LogP contribution in [0, 0.1) is 12.7 Å². The van der Waals surface area contributed by atoms with Gasteiger partial charge in [0.25, 0.3) is 10.0 Å². The van der Waals surface area contributed by atoms with Crippen LogP contribution in [0.1, 0.15) is 12.0 Å². The quantitative estimate of drug-likeness (QED) is 0.665. The van der Waals surface area contributed by atoms with Crippen molar-refractivity contribution in [1.82, 2.24) is 24.1 Å². The number of aromatic nitrogens is 4. The molecule has 12 heteroatoms. The summed E-state index contributed by atoms with van der Waals surface area (Å²) >= 11 is 0. The molecule has 0 spiro atoms. The first-order valence-corrected chi connectivity index (χ1v) is 9.70. The molecular weight excluding hydrogens is 402 g/mol. The SMILES string of the molecule is Cc1cc(F)c2[nH]c(S(=O)(=O)N3CC[C@@H]3C(F)(F)F)cc2c1-c1ncn(C)n1. The van der Waals surface area contributed by atoms with Gasteiger partial charge in [-0.2, -0.15) is 22.6 Å². The van der Waals surface area contributed by atoms with Crippen molar-refractivity contribution in [2.75, 3.05) is 6.54 Å². The van der Waals surface area contributed by atoms with E-state index >= 15 is 0 Å². The van der Waals surface area contributed by atoms with E-state index in [4.69, 9.17) is 0 Å². The monoisotopic (exact) mass is 417 g/mol. The summed E-state index contributed by atoms with van der Waals surface area (Å²) in [5.74, 6) is -0.463. The third kappa shape index (κ3) is 2.78. The molecule has 0 bridgehead atoms. The molecule has 0 aliphatic carbocycles. The molecule has 3 heterocycles. The Balaban J connectivity index is 1.88. The van der Waals surface area contributed by atoms with E-state index < -0.39 is 33.1 Å². The number of aryl methyl sites for hydroxylation is 2. The number of sulfonamides is 1. The molecule has 7 nitrogen and oxygen atoms in total. The van der Waals surface area contributed by atoms with Gasteiger partial charge in [-0.1, -0.05) is 0 Å². The molecule has 1 atom stereocenters. The van der Waals surface area contributed by atoms with Crippen LogP contribution in [0.15, 0.2) is 23.5 Å². The number of nitrogens with zero attached hydrogens (tertiary/aromatic N) is 4. The third-order valence-electron chi connectivity index (χ3n) is 4.80. The van der Waals surface area contributed by atoms with E-state index in [9.17, 15) is 26.0 Å². The lowest BCUT2D eigenvalue weighted by Gasteiger charge is -2.39. The van der Waals surface area contributed by atoms with Crippen LogP contribution >= 0.6 is 0 Å². The summed E-state index contributed by atoms with van der Waals surface area (Å²) in [4.78, 5) is 6.55. The minimum atomic E-state index is -4.66. The number of hydrogen-bond acceptors (Lipinski definition) is 4. The van der Waals surface area contributed by atoms with E-state index in [2.05, 4.69) is 15.1 Å². The van der Waals surface area contributed by atoms with Crippen LogP contribution in [0.25, 0.3) is 22.3 Å². The van der Waals surface area contributed by atoms with Gasteiger partial charge in [0.15, 0.2) is 5.82 Å². The molecule has 4 rings (SSSR count). The predicted octanol–water partition coefficient (Wildman–Crippen LogP) is 2.74. The highest BCUT2D eigenvalue weighted by Gasteiger charge is 2.53. The highest BCUT2D eigenvalue weighted by atomic mass is 32.2. The zero-order chi connectivity index (χ0) is 20.4. The van der Waals surface area contributed by atoms with Crippen LogP contribution < -0.4 is 0 Å². The van der Waals surface area contributed by atoms with Crippen molar-refractivity contribution in [3.63, 3.8) is 0 Å². The molecular formula is C16H15F4N5O2S. The molecule has 1 N–H and O–H groups in total. The maximum absolute atomic E-state index is 14.4. The number of fused-ring (bicyclic) bond motifs is 1. The summed E-state index contributed by atoms with van der Waals surface area (Å²) in [5.41, 5.74) is 0.748. The molecule has 3 aromatic rings. The molecule has 0 unspecified atom stereocenters. The first-order valence-electron chi connectivity index (χ1n) is 8.26. The maximum atomic E-state index is 14.4. The molecule has 0 radical (unpaired) electrons. The maximum Gasteiger partial charge on any atom is 0.405 e. The number of rotatable bonds is 3. The molecule has 1 saturated heterocycles. The highest BCUT2D eigenvalue weighted by Crippen LogP contribution is 2.39. The Kier molecular flexibility index (Phi) is 4.05. The summed E-state index contributed by atoms with van der Waals surface area (Å²) in [6, 6.07) is 0.258. The Morgan fingerprint density at radius 1 is 1.29 bits per heavy atom. The lowest BCUT2D eigenvalue weighted by molar-refractivity contribution is -0.192. The van der Waals surface area contributed by atoms with Crippen molar-refractivity contribution >= 4 is 20.9 Å². The zero-order valence-electron chi connectivity index (χ0n) is 14.7. The number of aromatic amines is 1. The van der Waals surface area contributed by atoms with Gasteiger partial charge in [-0.05, 0) is 31.0 Å². The number of alkyl halides is 3. The van der Waals surface area contributed by atoms with E-state index in [0.29, 0.717) is 15.4 Å². The summed E-state index contributed by atoms with van der Waals surface area (Å²) in [7, 11) is -2.84. The van der Waals surface area contributed by atoms with Gasteiger partial charge in [0, 0.05) is 24.5 Å². The Labute approximate surface area is 157 Å². The Bertz CT molecular complexity index is 1180. The average Bonchev–Trinajstić information content (AvgIpc) is 3.11. The third-order valence-corrected chi connectivity index (χ3v) is 6.63. The van der Waals surface area contributed by atoms with Crippen LogP contribution in [0.2, 0.25) is 0 Å². The lowest BCUT2D eigenvalue weighted by atomic mass is 10.0. The second-order valence-corrected chi connectivity index (χ2v) is 8.54. The summed E-state index contributed by atoms with van der Waals surface area (Å²) in [6.45, 7) is 1.36. The Hall–Kier alpha value is -2.47. The first-order chi connectivity index (χ1) is 13.0. The largest absolute Gasteiger partial charge is 0.405 e. The number of halogens is 4. The minimum absolute atomic E-state index is 0.129. The van der Waals surface area contributed by atoms with Crippen molar-refractivity contribution in [3.05, 3.63) is 29.8 Å². The first kappa shape index (κ1) is 18.9. The van der Waals surface area contributed by atoms with Crippen molar-refractivity contribution in [2.24, 2.45) is 7.05 Å². The number of H-pyrrole nitrogens is 1. The van der Waals surface area contributed by atoms with Crippen molar-refractivity contribution in [3.8, 4) is 11.4 Å². The lowest BCUT2D eigenvalue weighted by Crippen LogP contribution is -2.58. The molecule has 1 aliphatic rings. The van der Waals surface area contributed by atoms with Crippen LogP contribution in [-0.2, 0) is 17.1 Å². The smallest absolute Gasteiger partial charge is 0.342 e. The zero-order valence-corrected chi connectivity index (χ0v) is 15.6. The molecule has 2 aromatic heterocycles. The highest BCUT2D eigenvalue weighted by molar-refractivity contribution is 7.89. The normalized spacial score (nSPS) is 18.6. The standard InChI is InChI=1S/C16H15F4N5O2S/c1-8-5-10(17)14-9(13(8)15-21-7-24(2)23-15)6-12(22-14)28(26,27)25-4-3-11(25)16(18,19)20/h5-7,11,22H,3-4H2,1-2H3/t11-/m1/s1. The fourth-order valence-corrected chi connectivity index (χ4v) is 5.01. The van der Waals surface area contributed by atoms with Gasteiger partial charge in [0.1, 0.15) is 23.2 Å². The molecule has 0 saturated carbocycles. The van der Waals surface area contributed by atoms with Crippen LogP contribution in [-0.4, -0.2) is 51.2 Å². The van der Waals surface area contributed by atoms with E-state index in [-0.39, 0.29) is 29.7 Å². The fraction of sp³-hybridized carbons (Fsp3) is 0.375. The second kappa shape index (κ2) is 6.01. The molecule has 150 valence electrons. The predicted molar refractivity (Wildman–Crippen MR) is 91.3 cm³/mol. The van der Waals surface area contributed by atoms with Crippen molar-refractivity contribution < 1.29 is 26.0 Å². The number of hydrogen-bond donors (Lipinski definition) is 1. The van der Waals surface area contributed by atoms with Gasteiger partial charge in [-0.15, -0.1) is 0 Å². The Morgan fingerprint density at radius 3 is 2.54 bits per heavy atom.